The monoisotopic (exact) mass is 245 g/mol. The zero-order valence-electron chi connectivity index (χ0n) is 7.60. The Kier molecular flexibility index (Phi) is 3.57. The third kappa shape index (κ3) is 2.14. The van der Waals surface area contributed by atoms with Gasteiger partial charge in [-0.25, -0.2) is 0 Å². The lowest BCUT2D eigenvalue weighted by Crippen LogP contribution is -2.07. The van der Waals surface area contributed by atoms with Crippen molar-refractivity contribution in [1.29, 1.82) is 0 Å². The van der Waals surface area contributed by atoms with Crippen LogP contribution in [0.4, 0.5) is 0 Å². The number of nitrogens with one attached hydrogen (secondary N) is 1. The molecule has 2 N–H and O–H groups in total. The van der Waals surface area contributed by atoms with Crippen LogP contribution in [0.25, 0.3) is 0 Å². The highest BCUT2D eigenvalue weighted by atomic mass is 79.9. The molecule has 13 heavy (non-hydrogen) atoms. The second kappa shape index (κ2) is 4.48. The highest BCUT2D eigenvalue weighted by Crippen LogP contribution is 2.34. The molecule has 1 aromatic carbocycles. The van der Waals surface area contributed by atoms with Crippen LogP contribution in [-0.2, 0) is 6.54 Å². The summed E-state index contributed by atoms with van der Waals surface area (Å²) in [5, 5.41) is 12.5. The summed E-state index contributed by atoms with van der Waals surface area (Å²) in [4.78, 5) is 0. The van der Waals surface area contributed by atoms with Crippen LogP contribution in [0.5, 0.6) is 11.5 Å². The molecule has 0 bridgehead atoms. The Balaban J connectivity index is 3.18. The molecular weight excluding hydrogens is 234 g/mol. The molecule has 0 saturated heterocycles. The molecule has 1 aromatic rings. The maximum atomic E-state index is 9.54. The highest BCUT2D eigenvalue weighted by Gasteiger charge is 2.10. The summed E-state index contributed by atoms with van der Waals surface area (Å²) in [6, 6.07) is 3.40. The Morgan fingerprint density at radius 1 is 1.54 bits per heavy atom. The molecule has 0 aliphatic rings. The minimum absolute atomic E-state index is 0.245. The Labute approximate surface area is 85.9 Å². The minimum Gasteiger partial charge on any atom is -0.507 e. The molecule has 0 amide bonds. The maximum Gasteiger partial charge on any atom is 0.141 e. The van der Waals surface area contributed by atoms with Gasteiger partial charge in [0.15, 0.2) is 0 Å². The van der Waals surface area contributed by atoms with Crippen LogP contribution in [0.2, 0.25) is 0 Å². The van der Waals surface area contributed by atoms with Crippen LogP contribution in [0.15, 0.2) is 16.6 Å². The number of methoxy groups -OCH3 is 1. The number of hydrogen-bond donors (Lipinski definition) is 2. The zero-order chi connectivity index (χ0) is 9.84. The number of phenols is 1. The van der Waals surface area contributed by atoms with Gasteiger partial charge in [0.2, 0.25) is 0 Å². The maximum absolute atomic E-state index is 9.54. The van der Waals surface area contributed by atoms with Crippen molar-refractivity contribution < 1.29 is 9.84 Å². The van der Waals surface area contributed by atoms with Gasteiger partial charge in [-0.2, -0.15) is 0 Å². The normalized spacial score (nSPS) is 10.1. The summed E-state index contributed by atoms with van der Waals surface area (Å²) in [5.74, 6) is 0.920. The Hall–Kier alpha value is -0.740. The van der Waals surface area contributed by atoms with Gasteiger partial charge in [-0.1, -0.05) is 0 Å². The Bertz CT molecular complexity index is 302. The van der Waals surface area contributed by atoms with Crippen molar-refractivity contribution in [3.05, 3.63) is 22.2 Å². The summed E-state index contributed by atoms with van der Waals surface area (Å²) >= 11 is 3.35. The van der Waals surface area contributed by atoms with E-state index in [1.165, 1.54) is 0 Å². The summed E-state index contributed by atoms with van der Waals surface area (Å²) in [7, 11) is 3.40. The quantitative estimate of drug-likeness (QED) is 0.855. The van der Waals surface area contributed by atoms with Crippen molar-refractivity contribution in [3.8, 4) is 11.5 Å². The van der Waals surface area contributed by atoms with E-state index in [9.17, 15) is 5.11 Å². The molecule has 0 heterocycles. The van der Waals surface area contributed by atoms with Gasteiger partial charge in [-0.05, 0) is 35.1 Å². The van der Waals surface area contributed by atoms with Gasteiger partial charge in [0, 0.05) is 6.54 Å². The number of halogens is 1. The van der Waals surface area contributed by atoms with Crippen molar-refractivity contribution in [2.45, 2.75) is 6.54 Å². The summed E-state index contributed by atoms with van der Waals surface area (Å²) in [6.45, 7) is 0.578. The topological polar surface area (TPSA) is 41.5 Å². The van der Waals surface area contributed by atoms with Crippen molar-refractivity contribution in [1.82, 2.24) is 5.32 Å². The van der Waals surface area contributed by atoms with E-state index in [1.54, 1.807) is 19.2 Å². The first kappa shape index (κ1) is 10.3. The summed E-state index contributed by atoms with van der Waals surface area (Å²) in [6.07, 6.45) is 0. The first-order valence-corrected chi connectivity index (χ1v) is 4.69. The van der Waals surface area contributed by atoms with Gasteiger partial charge in [-0.3, -0.25) is 0 Å². The van der Waals surface area contributed by atoms with Crippen molar-refractivity contribution >= 4 is 15.9 Å². The number of benzene rings is 1. The molecule has 0 aliphatic heterocycles. The zero-order valence-corrected chi connectivity index (χ0v) is 9.18. The largest absolute Gasteiger partial charge is 0.507 e. The lowest BCUT2D eigenvalue weighted by Gasteiger charge is -2.11. The Morgan fingerprint density at radius 3 is 2.77 bits per heavy atom. The molecule has 0 atom stereocenters. The molecule has 0 radical (unpaired) electrons. The fourth-order valence-electron chi connectivity index (χ4n) is 1.16. The first-order chi connectivity index (χ1) is 6.20. The van der Waals surface area contributed by atoms with E-state index in [4.69, 9.17) is 4.74 Å². The van der Waals surface area contributed by atoms with E-state index in [-0.39, 0.29) is 5.75 Å². The van der Waals surface area contributed by atoms with Crippen molar-refractivity contribution in [2.75, 3.05) is 14.2 Å². The average Bonchev–Trinajstić information content (AvgIpc) is 2.12. The average molecular weight is 246 g/mol. The van der Waals surface area contributed by atoms with E-state index in [2.05, 4.69) is 21.2 Å². The van der Waals surface area contributed by atoms with E-state index >= 15 is 0 Å². The van der Waals surface area contributed by atoms with Gasteiger partial charge in [0.1, 0.15) is 11.5 Å². The third-order valence-corrected chi connectivity index (χ3v) is 2.37. The van der Waals surface area contributed by atoms with Crippen LogP contribution < -0.4 is 10.1 Å². The molecule has 0 aliphatic carbocycles. The molecule has 0 saturated carbocycles. The van der Waals surface area contributed by atoms with Crippen LogP contribution in [0.1, 0.15) is 5.56 Å². The predicted octanol–water partition coefficient (Wildman–Crippen LogP) is 1.88. The number of ether oxygens (including phenoxy) is 1. The molecule has 0 unspecified atom stereocenters. The minimum atomic E-state index is 0.245. The molecule has 72 valence electrons. The molecular formula is C9H12BrNO2. The fraction of sp³-hybridized carbons (Fsp3) is 0.333. The molecule has 1 rings (SSSR count). The van der Waals surface area contributed by atoms with E-state index in [0.717, 1.165) is 10.0 Å². The van der Waals surface area contributed by atoms with E-state index in [1.807, 2.05) is 7.05 Å². The van der Waals surface area contributed by atoms with Gasteiger partial charge in [-0.15, -0.1) is 0 Å². The lowest BCUT2D eigenvalue weighted by atomic mass is 10.2. The SMILES string of the molecule is CNCc1c(O)ccc(Br)c1OC. The summed E-state index contributed by atoms with van der Waals surface area (Å²) in [5.41, 5.74) is 0.763. The van der Waals surface area contributed by atoms with Gasteiger partial charge < -0.3 is 15.2 Å². The van der Waals surface area contributed by atoms with Crippen LogP contribution in [0, 0.1) is 0 Å². The molecule has 0 aromatic heterocycles. The molecule has 4 heteroatoms. The second-order valence-corrected chi connectivity index (χ2v) is 3.46. The number of rotatable bonds is 3. The highest BCUT2D eigenvalue weighted by molar-refractivity contribution is 9.10. The van der Waals surface area contributed by atoms with Crippen LogP contribution in [0.3, 0.4) is 0 Å². The fourth-order valence-corrected chi connectivity index (χ4v) is 1.69. The van der Waals surface area contributed by atoms with Crippen molar-refractivity contribution in [2.24, 2.45) is 0 Å². The molecule has 0 fully saturated rings. The van der Waals surface area contributed by atoms with Gasteiger partial charge >= 0.3 is 0 Å². The van der Waals surface area contributed by atoms with Crippen molar-refractivity contribution in [3.63, 3.8) is 0 Å². The lowest BCUT2D eigenvalue weighted by molar-refractivity contribution is 0.395. The van der Waals surface area contributed by atoms with Crippen LogP contribution >= 0.6 is 15.9 Å². The standard InChI is InChI=1S/C9H12BrNO2/c1-11-5-6-8(12)4-3-7(10)9(6)13-2/h3-4,11-12H,5H2,1-2H3. The van der Waals surface area contributed by atoms with Gasteiger partial charge in [0.05, 0.1) is 17.1 Å². The van der Waals surface area contributed by atoms with E-state index < -0.39 is 0 Å². The molecule has 0 spiro atoms. The second-order valence-electron chi connectivity index (χ2n) is 2.61. The number of phenolic OH excluding ortho intramolecular Hbond substituents is 1. The smallest absolute Gasteiger partial charge is 0.141 e. The van der Waals surface area contributed by atoms with Crippen LogP contribution in [-0.4, -0.2) is 19.3 Å². The Morgan fingerprint density at radius 2 is 2.23 bits per heavy atom. The number of aromatic hydroxyl groups is 1. The van der Waals surface area contributed by atoms with E-state index in [0.29, 0.717) is 12.3 Å². The molecule has 3 nitrogen and oxygen atoms in total. The third-order valence-electron chi connectivity index (χ3n) is 1.75. The van der Waals surface area contributed by atoms with Gasteiger partial charge in [0.25, 0.3) is 0 Å². The first-order valence-electron chi connectivity index (χ1n) is 3.89. The number of hydrogen-bond acceptors (Lipinski definition) is 3. The summed E-state index contributed by atoms with van der Waals surface area (Å²) < 4.78 is 6.01. The predicted molar refractivity (Wildman–Crippen MR) is 55.1 cm³/mol.